The normalized spacial score (nSPS) is 10.8. The van der Waals surface area contributed by atoms with Crippen molar-refractivity contribution >= 4 is 0 Å². The van der Waals surface area contributed by atoms with Gasteiger partial charge in [-0.25, -0.2) is 4.98 Å². The van der Waals surface area contributed by atoms with Crippen LogP contribution in [-0.2, 0) is 13.7 Å². The Hall–Kier alpha value is -1.61. The molecule has 1 N–H and O–H groups in total. The highest BCUT2D eigenvalue weighted by molar-refractivity contribution is 5.61. The molecular formula is C13H16N2O. The van der Waals surface area contributed by atoms with E-state index in [1.807, 2.05) is 17.8 Å². The Morgan fingerprint density at radius 3 is 2.62 bits per heavy atom. The van der Waals surface area contributed by atoms with Crippen LogP contribution in [0.25, 0.3) is 11.4 Å². The number of benzene rings is 1. The van der Waals surface area contributed by atoms with Gasteiger partial charge in [-0.2, -0.15) is 0 Å². The standard InChI is InChI=1S/C13H16N2O/c1-9-4-5-12(10(2)6-9)13-14-11(8-16)7-15(13)3/h4-7,16H,8H2,1-3H3. The molecule has 16 heavy (non-hydrogen) atoms. The summed E-state index contributed by atoms with van der Waals surface area (Å²) in [5.74, 6) is 0.904. The van der Waals surface area contributed by atoms with Crippen LogP contribution < -0.4 is 0 Å². The molecule has 2 rings (SSSR count). The van der Waals surface area contributed by atoms with Gasteiger partial charge in [0.25, 0.3) is 0 Å². The number of rotatable bonds is 2. The lowest BCUT2D eigenvalue weighted by atomic mass is 10.1. The number of aryl methyl sites for hydroxylation is 3. The molecule has 0 aliphatic heterocycles. The molecule has 0 aliphatic carbocycles. The first kappa shape index (κ1) is 10.9. The zero-order valence-electron chi connectivity index (χ0n) is 9.86. The van der Waals surface area contributed by atoms with Gasteiger partial charge in [-0.05, 0) is 19.4 Å². The van der Waals surface area contributed by atoms with Crippen molar-refractivity contribution in [1.29, 1.82) is 0 Å². The predicted molar refractivity (Wildman–Crippen MR) is 64.0 cm³/mol. The van der Waals surface area contributed by atoms with Crippen molar-refractivity contribution in [1.82, 2.24) is 9.55 Å². The largest absolute Gasteiger partial charge is 0.390 e. The maximum absolute atomic E-state index is 9.06. The molecular weight excluding hydrogens is 200 g/mol. The fraction of sp³-hybridized carbons (Fsp3) is 0.308. The van der Waals surface area contributed by atoms with Gasteiger partial charge < -0.3 is 9.67 Å². The maximum atomic E-state index is 9.06. The molecule has 0 saturated heterocycles. The zero-order chi connectivity index (χ0) is 11.7. The van der Waals surface area contributed by atoms with Gasteiger partial charge in [0.15, 0.2) is 0 Å². The molecule has 0 amide bonds. The predicted octanol–water partition coefficient (Wildman–Crippen LogP) is 2.20. The van der Waals surface area contributed by atoms with Crippen LogP contribution in [0.3, 0.4) is 0 Å². The van der Waals surface area contributed by atoms with E-state index in [1.54, 1.807) is 0 Å². The van der Waals surface area contributed by atoms with E-state index in [1.165, 1.54) is 11.1 Å². The smallest absolute Gasteiger partial charge is 0.140 e. The van der Waals surface area contributed by atoms with Crippen LogP contribution in [-0.4, -0.2) is 14.7 Å². The minimum atomic E-state index is -0.0151. The second-order valence-electron chi connectivity index (χ2n) is 4.14. The van der Waals surface area contributed by atoms with Crippen LogP contribution in [0.4, 0.5) is 0 Å². The summed E-state index contributed by atoms with van der Waals surface area (Å²) in [5, 5.41) is 9.06. The molecule has 0 bridgehead atoms. The first-order valence-corrected chi connectivity index (χ1v) is 5.32. The SMILES string of the molecule is Cc1ccc(-c2nc(CO)cn2C)c(C)c1. The monoisotopic (exact) mass is 216 g/mol. The first-order chi connectivity index (χ1) is 7.61. The van der Waals surface area contributed by atoms with E-state index in [2.05, 4.69) is 37.0 Å². The lowest BCUT2D eigenvalue weighted by Crippen LogP contribution is -1.93. The average Bonchev–Trinajstić information content (AvgIpc) is 2.60. The van der Waals surface area contributed by atoms with Gasteiger partial charge in [-0.3, -0.25) is 0 Å². The zero-order valence-corrected chi connectivity index (χ0v) is 9.86. The Morgan fingerprint density at radius 1 is 1.31 bits per heavy atom. The second kappa shape index (κ2) is 4.10. The van der Waals surface area contributed by atoms with Gasteiger partial charge in [0, 0.05) is 18.8 Å². The number of hydrogen-bond donors (Lipinski definition) is 1. The van der Waals surface area contributed by atoms with Crippen molar-refractivity contribution in [3.05, 3.63) is 41.2 Å². The fourth-order valence-electron chi connectivity index (χ4n) is 1.92. The van der Waals surface area contributed by atoms with Crippen molar-refractivity contribution in [3.8, 4) is 11.4 Å². The Morgan fingerprint density at radius 2 is 2.06 bits per heavy atom. The lowest BCUT2D eigenvalue weighted by molar-refractivity contribution is 0.277. The molecule has 0 atom stereocenters. The number of nitrogens with zero attached hydrogens (tertiary/aromatic N) is 2. The fourth-order valence-corrected chi connectivity index (χ4v) is 1.92. The molecule has 2 aromatic rings. The molecule has 0 saturated carbocycles. The molecule has 0 fully saturated rings. The lowest BCUT2D eigenvalue weighted by Gasteiger charge is -2.06. The van der Waals surface area contributed by atoms with Crippen molar-refractivity contribution in [2.24, 2.45) is 7.05 Å². The minimum Gasteiger partial charge on any atom is -0.390 e. The summed E-state index contributed by atoms with van der Waals surface area (Å²) in [7, 11) is 1.95. The molecule has 3 nitrogen and oxygen atoms in total. The van der Waals surface area contributed by atoms with Gasteiger partial charge in [0.2, 0.25) is 0 Å². The van der Waals surface area contributed by atoms with E-state index in [0.717, 1.165) is 11.4 Å². The van der Waals surface area contributed by atoms with Crippen molar-refractivity contribution in [3.63, 3.8) is 0 Å². The summed E-state index contributed by atoms with van der Waals surface area (Å²) >= 11 is 0. The number of hydrogen-bond acceptors (Lipinski definition) is 2. The molecule has 0 aliphatic rings. The summed E-state index contributed by atoms with van der Waals surface area (Å²) in [6, 6.07) is 6.30. The number of aliphatic hydroxyl groups is 1. The average molecular weight is 216 g/mol. The van der Waals surface area contributed by atoms with Gasteiger partial charge in [-0.1, -0.05) is 23.8 Å². The Kier molecular flexibility index (Phi) is 2.79. The number of aliphatic hydroxyl groups excluding tert-OH is 1. The highest BCUT2D eigenvalue weighted by Gasteiger charge is 2.09. The molecule has 0 radical (unpaired) electrons. The Balaban J connectivity index is 2.53. The Bertz CT molecular complexity index is 515. The molecule has 0 spiro atoms. The second-order valence-corrected chi connectivity index (χ2v) is 4.14. The maximum Gasteiger partial charge on any atom is 0.140 e. The number of aromatic nitrogens is 2. The van der Waals surface area contributed by atoms with Crippen molar-refractivity contribution < 1.29 is 5.11 Å². The quantitative estimate of drug-likeness (QED) is 0.835. The third kappa shape index (κ3) is 1.86. The van der Waals surface area contributed by atoms with Crippen molar-refractivity contribution in [2.45, 2.75) is 20.5 Å². The third-order valence-electron chi connectivity index (χ3n) is 2.71. The van der Waals surface area contributed by atoms with Gasteiger partial charge in [-0.15, -0.1) is 0 Å². The highest BCUT2D eigenvalue weighted by Crippen LogP contribution is 2.23. The number of imidazole rings is 1. The van der Waals surface area contributed by atoms with E-state index in [9.17, 15) is 0 Å². The van der Waals surface area contributed by atoms with Crippen LogP contribution in [0.2, 0.25) is 0 Å². The Labute approximate surface area is 95.4 Å². The molecule has 1 heterocycles. The summed E-state index contributed by atoms with van der Waals surface area (Å²) in [4.78, 5) is 4.40. The summed E-state index contributed by atoms with van der Waals surface area (Å²) in [6.45, 7) is 4.14. The molecule has 84 valence electrons. The van der Waals surface area contributed by atoms with Gasteiger partial charge in [0.1, 0.15) is 5.82 Å². The molecule has 0 unspecified atom stereocenters. The van der Waals surface area contributed by atoms with E-state index in [4.69, 9.17) is 5.11 Å². The van der Waals surface area contributed by atoms with Gasteiger partial charge in [0.05, 0.1) is 12.3 Å². The molecule has 1 aromatic heterocycles. The summed E-state index contributed by atoms with van der Waals surface area (Å²) in [5.41, 5.74) is 4.28. The van der Waals surface area contributed by atoms with Crippen LogP contribution in [0.5, 0.6) is 0 Å². The van der Waals surface area contributed by atoms with Crippen LogP contribution in [0.1, 0.15) is 16.8 Å². The van der Waals surface area contributed by atoms with E-state index in [0.29, 0.717) is 5.69 Å². The van der Waals surface area contributed by atoms with E-state index in [-0.39, 0.29) is 6.61 Å². The van der Waals surface area contributed by atoms with Crippen LogP contribution in [0.15, 0.2) is 24.4 Å². The van der Waals surface area contributed by atoms with Crippen LogP contribution >= 0.6 is 0 Å². The van der Waals surface area contributed by atoms with E-state index < -0.39 is 0 Å². The topological polar surface area (TPSA) is 38.1 Å². The van der Waals surface area contributed by atoms with Crippen LogP contribution in [0, 0.1) is 13.8 Å². The van der Waals surface area contributed by atoms with E-state index >= 15 is 0 Å². The van der Waals surface area contributed by atoms with Crippen molar-refractivity contribution in [2.75, 3.05) is 0 Å². The highest BCUT2D eigenvalue weighted by atomic mass is 16.3. The minimum absolute atomic E-state index is 0.0151. The van der Waals surface area contributed by atoms with Gasteiger partial charge >= 0.3 is 0 Å². The molecule has 1 aromatic carbocycles. The molecule has 3 heteroatoms. The third-order valence-corrected chi connectivity index (χ3v) is 2.71. The summed E-state index contributed by atoms with van der Waals surface area (Å²) < 4.78 is 1.95. The first-order valence-electron chi connectivity index (χ1n) is 5.32. The summed E-state index contributed by atoms with van der Waals surface area (Å²) in [6.07, 6.45) is 1.86.